The van der Waals surface area contributed by atoms with E-state index < -0.39 is 0 Å². The fourth-order valence-corrected chi connectivity index (χ4v) is 1.53. The molecule has 78 valence electrons. The minimum Gasteiger partial charge on any atom is -0.355 e. The molecule has 0 aliphatic carbocycles. The summed E-state index contributed by atoms with van der Waals surface area (Å²) in [5, 5.41) is 4.44. The third-order valence-corrected chi connectivity index (χ3v) is 2.40. The van der Waals surface area contributed by atoms with Crippen LogP contribution >= 0.6 is 15.9 Å². The van der Waals surface area contributed by atoms with Gasteiger partial charge in [-0.3, -0.25) is 9.78 Å². The summed E-state index contributed by atoms with van der Waals surface area (Å²) in [6, 6.07) is 7.27. The summed E-state index contributed by atoms with van der Waals surface area (Å²) in [6.45, 7) is 0.723. The molecule has 0 saturated heterocycles. The first-order valence-electron chi connectivity index (χ1n) is 4.60. The summed E-state index contributed by atoms with van der Waals surface area (Å²) in [5.74, 6) is 0.512. The van der Waals surface area contributed by atoms with Crippen LogP contribution in [0.15, 0.2) is 29.1 Å². The van der Waals surface area contributed by atoms with Crippen molar-refractivity contribution in [3.8, 4) is 0 Å². The van der Waals surface area contributed by atoms with E-state index in [1.54, 1.807) is 6.07 Å². The van der Waals surface area contributed by atoms with Crippen molar-refractivity contribution in [2.75, 3.05) is 17.2 Å². The van der Waals surface area contributed by atoms with E-state index in [1.165, 1.54) is 0 Å². The van der Waals surface area contributed by atoms with E-state index in [9.17, 15) is 4.79 Å². The minimum atomic E-state index is -0.113. The molecule has 0 amide bonds. The van der Waals surface area contributed by atoms with Crippen LogP contribution in [0.1, 0.15) is 0 Å². The van der Waals surface area contributed by atoms with Crippen LogP contribution < -0.4 is 10.9 Å². The van der Waals surface area contributed by atoms with Crippen LogP contribution in [0.25, 0.3) is 10.9 Å². The average Bonchev–Trinajstić information content (AvgIpc) is 2.26. The Kier molecular flexibility index (Phi) is 3.01. The first-order chi connectivity index (χ1) is 7.31. The van der Waals surface area contributed by atoms with E-state index in [1.807, 2.05) is 18.2 Å². The summed E-state index contributed by atoms with van der Waals surface area (Å²) < 4.78 is 0. The van der Waals surface area contributed by atoms with Crippen LogP contribution in [0, 0.1) is 0 Å². The Morgan fingerprint density at radius 1 is 1.40 bits per heavy atom. The Balaban J connectivity index is 2.48. The molecule has 0 spiro atoms. The molecule has 15 heavy (non-hydrogen) atoms. The van der Waals surface area contributed by atoms with Crippen molar-refractivity contribution in [3.05, 3.63) is 34.6 Å². The minimum absolute atomic E-state index is 0.113. The third kappa shape index (κ3) is 2.18. The number of H-pyrrole nitrogens is 1. The van der Waals surface area contributed by atoms with Crippen molar-refractivity contribution in [3.63, 3.8) is 0 Å². The molecule has 2 N–H and O–H groups in total. The summed E-state index contributed by atoms with van der Waals surface area (Å²) in [4.78, 5) is 18.6. The van der Waals surface area contributed by atoms with Crippen molar-refractivity contribution in [1.82, 2.24) is 9.97 Å². The number of alkyl halides is 1. The zero-order chi connectivity index (χ0) is 10.7. The Morgan fingerprint density at radius 2 is 2.20 bits per heavy atom. The lowest BCUT2D eigenvalue weighted by Crippen LogP contribution is -2.14. The molecule has 1 aromatic heterocycles. The molecule has 1 heterocycles. The van der Waals surface area contributed by atoms with Crippen LogP contribution in [0.2, 0.25) is 0 Å². The topological polar surface area (TPSA) is 57.8 Å². The van der Waals surface area contributed by atoms with Crippen molar-refractivity contribution >= 4 is 32.8 Å². The fraction of sp³-hybridized carbons (Fsp3) is 0.200. The van der Waals surface area contributed by atoms with Gasteiger partial charge in [-0.05, 0) is 12.1 Å². The maximum absolute atomic E-state index is 11.6. The molecule has 0 unspecified atom stereocenters. The molecule has 0 aliphatic rings. The lowest BCUT2D eigenvalue weighted by Gasteiger charge is -2.03. The number of anilines is 1. The predicted molar refractivity (Wildman–Crippen MR) is 64.6 cm³/mol. The van der Waals surface area contributed by atoms with Crippen LogP contribution in [0.5, 0.6) is 0 Å². The highest BCUT2D eigenvalue weighted by Crippen LogP contribution is 2.07. The monoisotopic (exact) mass is 267 g/mol. The average molecular weight is 268 g/mol. The molecule has 0 radical (unpaired) electrons. The van der Waals surface area contributed by atoms with E-state index in [-0.39, 0.29) is 5.56 Å². The molecule has 0 saturated carbocycles. The summed E-state index contributed by atoms with van der Waals surface area (Å²) >= 11 is 3.29. The van der Waals surface area contributed by atoms with Gasteiger partial charge in [0, 0.05) is 11.9 Å². The largest absolute Gasteiger partial charge is 0.355 e. The van der Waals surface area contributed by atoms with Gasteiger partial charge in [0.05, 0.1) is 10.9 Å². The van der Waals surface area contributed by atoms with Gasteiger partial charge in [-0.2, -0.15) is 0 Å². The van der Waals surface area contributed by atoms with Crippen molar-refractivity contribution in [2.24, 2.45) is 0 Å². The van der Waals surface area contributed by atoms with Gasteiger partial charge in [0.15, 0.2) is 0 Å². The van der Waals surface area contributed by atoms with Crippen molar-refractivity contribution in [2.45, 2.75) is 0 Å². The van der Waals surface area contributed by atoms with Gasteiger partial charge >= 0.3 is 0 Å². The second-order valence-electron chi connectivity index (χ2n) is 3.05. The first kappa shape index (κ1) is 10.2. The van der Waals surface area contributed by atoms with Crippen LogP contribution in [0.3, 0.4) is 0 Å². The maximum Gasteiger partial charge on any atom is 0.260 e. The number of aromatic nitrogens is 2. The van der Waals surface area contributed by atoms with E-state index in [2.05, 4.69) is 31.2 Å². The summed E-state index contributed by atoms with van der Waals surface area (Å²) in [6.07, 6.45) is 0. The molecule has 1 aromatic carbocycles. The normalized spacial score (nSPS) is 10.5. The number of hydrogen-bond acceptors (Lipinski definition) is 3. The highest BCUT2D eigenvalue weighted by Gasteiger charge is 2.01. The van der Waals surface area contributed by atoms with Gasteiger partial charge in [0.2, 0.25) is 5.95 Å². The van der Waals surface area contributed by atoms with Crippen LogP contribution in [-0.2, 0) is 0 Å². The molecule has 0 atom stereocenters. The number of nitrogens with one attached hydrogen (secondary N) is 2. The van der Waals surface area contributed by atoms with Crippen LogP contribution in [0.4, 0.5) is 5.95 Å². The lowest BCUT2D eigenvalue weighted by atomic mass is 10.2. The zero-order valence-corrected chi connectivity index (χ0v) is 9.54. The second kappa shape index (κ2) is 4.44. The number of aromatic amines is 1. The molecule has 2 aromatic rings. The number of fused-ring (bicyclic) bond motifs is 1. The molecule has 4 nitrogen and oxygen atoms in total. The van der Waals surface area contributed by atoms with E-state index >= 15 is 0 Å². The molecule has 0 aliphatic heterocycles. The fourth-order valence-electron chi connectivity index (χ4n) is 1.34. The van der Waals surface area contributed by atoms with Crippen molar-refractivity contribution < 1.29 is 0 Å². The van der Waals surface area contributed by atoms with E-state index in [0.717, 1.165) is 11.9 Å². The SMILES string of the molecule is O=c1[nH]c(NCCBr)nc2ccccc12. The number of benzene rings is 1. The quantitative estimate of drug-likeness (QED) is 0.833. The number of rotatable bonds is 3. The number of hydrogen-bond donors (Lipinski definition) is 2. The predicted octanol–water partition coefficient (Wildman–Crippen LogP) is 1.73. The second-order valence-corrected chi connectivity index (χ2v) is 3.84. The number of para-hydroxylation sites is 1. The maximum atomic E-state index is 11.6. The highest BCUT2D eigenvalue weighted by atomic mass is 79.9. The van der Waals surface area contributed by atoms with Gasteiger partial charge in [-0.1, -0.05) is 28.1 Å². The molecule has 2 rings (SSSR count). The van der Waals surface area contributed by atoms with Gasteiger partial charge < -0.3 is 5.32 Å². The molecular formula is C10H10BrN3O. The first-order valence-corrected chi connectivity index (χ1v) is 5.72. The number of halogens is 1. The van der Waals surface area contributed by atoms with E-state index in [0.29, 0.717) is 16.9 Å². The van der Waals surface area contributed by atoms with Crippen molar-refractivity contribution in [1.29, 1.82) is 0 Å². The summed E-state index contributed by atoms with van der Waals surface area (Å²) in [7, 11) is 0. The molecule has 0 bridgehead atoms. The third-order valence-electron chi connectivity index (χ3n) is 2.00. The standard InChI is InChI=1S/C10H10BrN3O/c11-5-6-12-10-13-8-4-2-1-3-7(8)9(15)14-10/h1-4H,5-6H2,(H2,12,13,14,15). The smallest absolute Gasteiger partial charge is 0.260 e. The Morgan fingerprint density at radius 3 is 3.00 bits per heavy atom. The highest BCUT2D eigenvalue weighted by molar-refractivity contribution is 9.09. The lowest BCUT2D eigenvalue weighted by molar-refractivity contribution is 1.10. The summed E-state index contributed by atoms with van der Waals surface area (Å²) in [5.41, 5.74) is 0.594. The van der Waals surface area contributed by atoms with Crippen LogP contribution in [-0.4, -0.2) is 21.8 Å². The van der Waals surface area contributed by atoms with Gasteiger partial charge in [0.1, 0.15) is 0 Å². The van der Waals surface area contributed by atoms with Gasteiger partial charge in [0.25, 0.3) is 5.56 Å². The van der Waals surface area contributed by atoms with Gasteiger partial charge in [-0.25, -0.2) is 4.98 Å². The Bertz CT molecular complexity index is 523. The van der Waals surface area contributed by atoms with E-state index in [4.69, 9.17) is 0 Å². The number of nitrogens with zero attached hydrogens (tertiary/aromatic N) is 1. The Labute approximate surface area is 94.9 Å². The molecular weight excluding hydrogens is 258 g/mol. The Hall–Kier alpha value is -1.36. The molecule has 5 heteroatoms. The molecule has 0 fully saturated rings. The zero-order valence-electron chi connectivity index (χ0n) is 7.96. The van der Waals surface area contributed by atoms with Gasteiger partial charge in [-0.15, -0.1) is 0 Å².